The van der Waals surface area contributed by atoms with E-state index in [0.717, 1.165) is 65.1 Å². The predicted octanol–water partition coefficient (Wildman–Crippen LogP) is 11.1. The molecular formula is C76H91N11O12S3. The molecule has 3 fully saturated rings. The molecule has 6 aromatic heterocycles. The second-order valence-corrected chi connectivity index (χ2v) is 31.2. The van der Waals surface area contributed by atoms with Crippen LogP contribution in [0.4, 0.5) is 0 Å². The Labute approximate surface area is 606 Å². The third-order valence-electron chi connectivity index (χ3n) is 18.8. The van der Waals surface area contributed by atoms with Gasteiger partial charge < -0.3 is 54.2 Å². The van der Waals surface area contributed by atoms with Crippen LogP contribution in [0, 0.1) is 52.9 Å². The van der Waals surface area contributed by atoms with Gasteiger partial charge in [0.15, 0.2) is 11.5 Å². The van der Waals surface area contributed by atoms with Crippen LogP contribution in [0.25, 0.3) is 31.3 Å². The second-order valence-electron chi connectivity index (χ2n) is 28.7. The van der Waals surface area contributed by atoms with Crippen LogP contribution in [0.15, 0.2) is 121 Å². The molecule has 12 rings (SSSR count). The van der Waals surface area contributed by atoms with Gasteiger partial charge >= 0.3 is 0 Å². The summed E-state index contributed by atoms with van der Waals surface area (Å²) in [5.41, 5.74) is 15.4. The van der Waals surface area contributed by atoms with E-state index in [1.807, 2.05) is 140 Å². The van der Waals surface area contributed by atoms with Crippen molar-refractivity contribution < 1.29 is 57.7 Å². The highest BCUT2D eigenvalue weighted by atomic mass is 32.1. The minimum absolute atomic E-state index is 0.0290. The highest BCUT2D eigenvalue weighted by molar-refractivity contribution is 7.14. The summed E-state index contributed by atoms with van der Waals surface area (Å²) < 4.78 is 16.2. The molecule has 102 heavy (non-hydrogen) atoms. The highest BCUT2D eigenvalue weighted by Crippen LogP contribution is 2.40. The Morgan fingerprint density at radius 1 is 0.520 bits per heavy atom. The van der Waals surface area contributed by atoms with Gasteiger partial charge in [-0.3, -0.25) is 28.8 Å². The van der Waals surface area contributed by atoms with Crippen molar-refractivity contribution in [2.75, 3.05) is 19.6 Å². The zero-order chi connectivity index (χ0) is 73.5. The van der Waals surface area contributed by atoms with Crippen LogP contribution in [-0.2, 0) is 53.7 Å². The molecular weight excluding hydrogens is 1360 g/mol. The maximum atomic E-state index is 13.7. The van der Waals surface area contributed by atoms with E-state index in [9.17, 15) is 44.1 Å². The summed E-state index contributed by atoms with van der Waals surface area (Å²) in [5.74, 6) is -1.10. The fraction of sp³-hybridized carbons (Fsp3) is 0.447. The Morgan fingerprint density at radius 3 is 1.30 bits per heavy atom. The van der Waals surface area contributed by atoms with Crippen molar-refractivity contribution in [3.8, 4) is 31.3 Å². The largest absolute Gasteiger partial charge is 0.391 e. The van der Waals surface area contributed by atoms with Gasteiger partial charge in [-0.05, 0) is 107 Å². The fourth-order valence-electron chi connectivity index (χ4n) is 13.3. The molecule has 0 bridgehead atoms. The lowest BCUT2D eigenvalue weighted by Gasteiger charge is -2.33. The van der Waals surface area contributed by atoms with Gasteiger partial charge in [0.2, 0.25) is 29.5 Å². The summed E-state index contributed by atoms with van der Waals surface area (Å²) >= 11 is 4.81. The van der Waals surface area contributed by atoms with Crippen LogP contribution in [0.3, 0.4) is 0 Å². The number of β-amino-alcohol motifs (C(OH)–C–C–N with tert-alkyl or cyclic N) is 3. The molecule has 5 amide bonds. The van der Waals surface area contributed by atoms with Crippen molar-refractivity contribution in [3.63, 3.8) is 0 Å². The Bertz CT molecular complexity index is 4370. The van der Waals surface area contributed by atoms with E-state index in [2.05, 4.69) is 53.2 Å². The lowest BCUT2D eigenvalue weighted by atomic mass is 9.78. The lowest BCUT2D eigenvalue weighted by Crippen LogP contribution is -2.51. The number of likely N-dealkylation sites (tertiary alicyclic amines) is 3. The average Bonchev–Trinajstić information content (AvgIpc) is 1.60. The molecule has 9 heterocycles. The average molecular weight is 1450 g/mol. The Kier molecular flexibility index (Phi) is 24.2. The molecule has 3 aliphatic heterocycles. The molecule has 0 saturated carbocycles. The van der Waals surface area contributed by atoms with Crippen molar-refractivity contribution in [2.24, 2.45) is 11.3 Å². The van der Waals surface area contributed by atoms with Crippen molar-refractivity contribution in [1.29, 1.82) is 0 Å². The molecule has 540 valence electrons. The number of hydrogen-bond donors (Lipinski definition) is 5. The molecule has 3 saturated heterocycles. The van der Waals surface area contributed by atoms with Gasteiger partial charge in [0, 0.05) is 76.6 Å². The first-order valence-corrected chi connectivity index (χ1v) is 36.9. The maximum absolute atomic E-state index is 13.7. The second kappa shape index (κ2) is 32.6. The molecule has 0 radical (unpaired) electrons. The topological polar surface area (TPSA) is 314 Å². The van der Waals surface area contributed by atoms with Gasteiger partial charge in [-0.15, -0.1) is 34.0 Å². The van der Waals surface area contributed by atoms with Crippen molar-refractivity contribution in [1.82, 2.24) is 55.8 Å². The number of rotatable bonds is 20. The van der Waals surface area contributed by atoms with E-state index in [0.29, 0.717) is 60.3 Å². The van der Waals surface area contributed by atoms with Gasteiger partial charge in [-0.1, -0.05) is 123 Å². The van der Waals surface area contributed by atoms with Gasteiger partial charge in [-0.25, -0.2) is 15.0 Å². The number of hydrogen-bond acceptors (Lipinski definition) is 21. The summed E-state index contributed by atoms with van der Waals surface area (Å²) in [6, 6.07) is 27.3. The third-order valence-corrected chi connectivity index (χ3v) is 21.8. The first-order chi connectivity index (χ1) is 48.4. The number of aromatic nitrogens is 6. The number of nitrogens with zero attached hydrogens (tertiary/aromatic N) is 9. The summed E-state index contributed by atoms with van der Waals surface area (Å²) in [4.78, 5) is 101. The molecule has 3 aromatic carbocycles. The molecule has 0 aliphatic carbocycles. The Balaban J connectivity index is 0.000000165. The Morgan fingerprint density at radius 2 is 0.912 bits per heavy atom. The van der Waals surface area contributed by atoms with E-state index in [-0.39, 0.29) is 80.1 Å². The van der Waals surface area contributed by atoms with E-state index in [1.165, 1.54) is 9.80 Å². The smallest absolute Gasteiger partial charge is 0.243 e. The molecule has 26 heteroatoms. The number of nitrogens with one attached hydrogen (secondary N) is 2. The SMILES string of the molecule is Cc1cc(C(C)(C)C(=O)N2C[C@H](O)C[C@H]2C(=O)NCc2ccc(-c3scnc3C)cc2)on1.Cc1cc([C@H](C(=O)N2C[C@H](O)C[C@H]2C(=O)CCc2ccc(-c3scnc3C)cc2)C(C)(C)C)on1.Cc1cc([C@H](C(=O)N2C[C@H](O)C[C@H]2C(=O)NCc2ccc(-c3scnc3C)cc2)C(C)C)on1. The lowest BCUT2D eigenvalue weighted by molar-refractivity contribution is -0.142. The van der Waals surface area contributed by atoms with Crippen LogP contribution >= 0.6 is 34.0 Å². The summed E-state index contributed by atoms with van der Waals surface area (Å²) in [6.07, 6.45) is -0.646. The first kappa shape index (κ1) is 75.7. The highest BCUT2D eigenvalue weighted by Gasteiger charge is 2.48. The summed E-state index contributed by atoms with van der Waals surface area (Å²) in [5, 5.41) is 48.5. The minimum Gasteiger partial charge on any atom is -0.391 e. The van der Waals surface area contributed by atoms with Gasteiger partial charge in [0.25, 0.3) is 0 Å². The quantitative estimate of drug-likeness (QED) is 0.0473. The predicted molar refractivity (Wildman–Crippen MR) is 389 cm³/mol. The van der Waals surface area contributed by atoms with Gasteiger partial charge in [0.05, 0.1) is 89.7 Å². The number of carbonyl (C=O) groups excluding carboxylic acids is 6. The number of benzene rings is 3. The van der Waals surface area contributed by atoms with Crippen LogP contribution in [-0.4, -0.2) is 152 Å². The number of aryl methyl sites for hydroxylation is 7. The van der Waals surface area contributed by atoms with Crippen LogP contribution < -0.4 is 10.6 Å². The molecule has 3 aliphatic rings. The normalized spacial score (nSPS) is 18.9. The summed E-state index contributed by atoms with van der Waals surface area (Å²) in [7, 11) is 0. The molecule has 23 nitrogen and oxygen atoms in total. The van der Waals surface area contributed by atoms with E-state index >= 15 is 0 Å². The molecule has 5 N–H and O–H groups in total. The number of aliphatic hydroxyl groups is 3. The standard InChI is InChI=1S/C27H33N3O4S.C25H30N4O4S.C24H28N4O4S/c1-16-12-23(34-29-16)24(27(3,4)5)26(33)30-14-20(31)13-21(30)22(32)11-8-18-6-9-19(10-7-18)25-17(2)28-15-35-25;1-14(2)22(21-9-15(3)28-33-21)25(32)29-12-19(30)10-20(29)24(31)26-11-17-5-7-18(8-6-17)23-16(4)27-13-34-23;1-14-9-20(32-27-14)24(3,4)23(31)28-12-18(29)10-19(28)22(30)25-11-16-5-7-17(8-6-16)21-15(2)26-13-33-21/h6-7,9-10,12,15,20-21,24,31H,8,11,13-14H2,1-5H3;5-9,13-14,19-20,22,30H,10-12H2,1-4H3,(H,26,31);5-9,13,18-19,29H,10-12H2,1-4H3,(H,25,30)/t20-,21+,24-;19-,20+,22-;18-,19+/m111/s1. The maximum Gasteiger partial charge on any atom is 0.243 e. The molecule has 0 spiro atoms. The molecule has 8 atom stereocenters. The number of thiazole rings is 3. The number of amides is 5. The van der Waals surface area contributed by atoms with Crippen molar-refractivity contribution in [3.05, 3.63) is 176 Å². The first-order valence-electron chi connectivity index (χ1n) is 34.3. The van der Waals surface area contributed by atoms with Crippen LogP contribution in [0.2, 0.25) is 0 Å². The zero-order valence-electron chi connectivity index (χ0n) is 59.9. The monoisotopic (exact) mass is 1450 g/mol. The number of ketones is 1. The summed E-state index contributed by atoms with van der Waals surface area (Å²) in [6.45, 7) is 25.6. The zero-order valence-corrected chi connectivity index (χ0v) is 62.4. The van der Waals surface area contributed by atoms with E-state index < -0.39 is 59.1 Å². The Hall–Kier alpha value is -8.92. The number of aliphatic hydroxyl groups excluding tert-OH is 3. The fourth-order valence-corrected chi connectivity index (χ4v) is 15.7. The molecule has 0 unspecified atom stereocenters. The van der Waals surface area contributed by atoms with Crippen LogP contribution in [0.1, 0.15) is 154 Å². The van der Waals surface area contributed by atoms with Crippen molar-refractivity contribution in [2.45, 2.75) is 189 Å². The number of carbonyl (C=O) groups is 6. The third kappa shape index (κ3) is 17.9. The van der Waals surface area contributed by atoms with Gasteiger partial charge in [0.1, 0.15) is 40.9 Å². The minimum atomic E-state index is -1.01. The van der Waals surface area contributed by atoms with Gasteiger partial charge in [-0.2, -0.15) is 0 Å². The van der Waals surface area contributed by atoms with E-state index in [4.69, 9.17) is 13.6 Å². The van der Waals surface area contributed by atoms with Crippen molar-refractivity contribution >= 4 is 69.3 Å². The van der Waals surface area contributed by atoms with Crippen LogP contribution in [0.5, 0.6) is 0 Å². The number of Topliss-reactive ketones (excluding diaryl/α,β-unsaturated/α-hetero) is 1. The molecule has 9 aromatic rings. The van der Waals surface area contributed by atoms with E-state index in [1.54, 1.807) is 84.8 Å².